The topological polar surface area (TPSA) is 140 Å². The molecule has 4 N–H and O–H groups in total. The number of aromatic carboxylic acids is 2. The first-order valence-corrected chi connectivity index (χ1v) is 14.4. The van der Waals surface area contributed by atoms with Crippen molar-refractivity contribution in [3.8, 4) is 11.5 Å². The molecule has 0 unspecified atom stereocenters. The molecule has 0 aliphatic rings. The van der Waals surface area contributed by atoms with Crippen LogP contribution in [0.3, 0.4) is 0 Å². The summed E-state index contributed by atoms with van der Waals surface area (Å²) in [7, 11) is 0. The standard InChI is InChI=1S/C38H28N2O6/c41-33-19-17-23-5-1-3-7-29(23)31(33)21-39-35(25-9-13-27(14-10-25)37(43)44)36(26-11-15-28(16-12-26)38(45)46)40-22-32-30-8-4-2-6-24(30)18-20-34(32)42/h1-22,35-36,41-42H,(H,43,44)(H,45,46)/t35-,36-/m0/s1. The number of benzene rings is 6. The van der Waals surface area contributed by atoms with Gasteiger partial charge in [-0.3, -0.25) is 9.98 Å². The smallest absolute Gasteiger partial charge is 0.335 e. The number of carboxylic acid groups (broad SMARTS) is 2. The maximum atomic E-state index is 11.6. The fraction of sp³-hybridized carbons (Fsp3) is 0.0526. The minimum Gasteiger partial charge on any atom is -0.507 e. The predicted octanol–water partition coefficient (Wildman–Crippen LogP) is 7.82. The summed E-state index contributed by atoms with van der Waals surface area (Å²) in [5.41, 5.74) is 2.47. The zero-order valence-electron chi connectivity index (χ0n) is 24.4. The second-order valence-electron chi connectivity index (χ2n) is 10.7. The molecule has 0 aromatic heterocycles. The highest BCUT2D eigenvalue weighted by Crippen LogP contribution is 2.37. The van der Waals surface area contributed by atoms with Gasteiger partial charge in [0, 0.05) is 23.6 Å². The Morgan fingerprint density at radius 2 is 0.870 bits per heavy atom. The highest BCUT2D eigenvalue weighted by Gasteiger charge is 2.25. The molecule has 46 heavy (non-hydrogen) atoms. The van der Waals surface area contributed by atoms with Gasteiger partial charge in [0.05, 0.1) is 11.1 Å². The molecule has 0 spiro atoms. The highest BCUT2D eigenvalue weighted by molar-refractivity contribution is 6.03. The van der Waals surface area contributed by atoms with Crippen molar-refractivity contribution in [3.63, 3.8) is 0 Å². The number of rotatable bonds is 9. The number of carbonyl (C=O) groups is 2. The molecule has 0 bridgehead atoms. The van der Waals surface area contributed by atoms with Crippen molar-refractivity contribution in [2.24, 2.45) is 9.98 Å². The van der Waals surface area contributed by atoms with Gasteiger partial charge in [-0.25, -0.2) is 9.59 Å². The number of phenolic OH excluding ortho intramolecular Hbond substituents is 2. The first-order valence-electron chi connectivity index (χ1n) is 14.4. The van der Waals surface area contributed by atoms with Gasteiger partial charge in [0.15, 0.2) is 0 Å². The van der Waals surface area contributed by atoms with Crippen LogP contribution in [0.5, 0.6) is 11.5 Å². The second kappa shape index (κ2) is 12.8. The lowest BCUT2D eigenvalue weighted by atomic mass is 9.92. The maximum Gasteiger partial charge on any atom is 0.335 e. The van der Waals surface area contributed by atoms with Gasteiger partial charge in [-0.15, -0.1) is 0 Å². The summed E-state index contributed by atoms with van der Waals surface area (Å²) >= 11 is 0. The summed E-state index contributed by atoms with van der Waals surface area (Å²) in [5.74, 6) is -2.07. The van der Waals surface area contributed by atoms with Crippen LogP contribution < -0.4 is 0 Å². The Kier molecular flexibility index (Phi) is 8.26. The molecule has 0 radical (unpaired) electrons. The van der Waals surface area contributed by atoms with Crippen LogP contribution in [0.4, 0.5) is 0 Å². The average Bonchev–Trinajstić information content (AvgIpc) is 3.07. The summed E-state index contributed by atoms with van der Waals surface area (Å²) in [6.07, 6.45) is 3.16. The zero-order chi connectivity index (χ0) is 32.2. The van der Waals surface area contributed by atoms with E-state index in [4.69, 9.17) is 9.98 Å². The van der Waals surface area contributed by atoms with Crippen LogP contribution in [-0.4, -0.2) is 44.8 Å². The molecule has 0 aliphatic heterocycles. The Morgan fingerprint density at radius 3 is 1.24 bits per heavy atom. The van der Waals surface area contributed by atoms with Crippen molar-refractivity contribution >= 4 is 45.9 Å². The van der Waals surface area contributed by atoms with Crippen molar-refractivity contribution in [1.82, 2.24) is 0 Å². The van der Waals surface area contributed by atoms with E-state index in [0.29, 0.717) is 22.3 Å². The van der Waals surface area contributed by atoms with Gasteiger partial charge in [0.2, 0.25) is 0 Å². The molecule has 0 heterocycles. The number of hydrogen-bond donors (Lipinski definition) is 4. The molecular formula is C38H28N2O6. The van der Waals surface area contributed by atoms with Crippen molar-refractivity contribution in [2.45, 2.75) is 12.1 Å². The van der Waals surface area contributed by atoms with Crippen LogP contribution >= 0.6 is 0 Å². The lowest BCUT2D eigenvalue weighted by Gasteiger charge is -2.23. The maximum absolute atomic E-state index is 11.6. The third-order valence-corrected chi connectivity index (χ3v) is 7.92. The average molecular weight is 609 g/mol. The number of phenols is 2. The van der Waals surface area contributed by atoms with Crippen molar-refractivity contribution < 1.29 is 30.0 Å². The van der Waals surface area contributed by atoms with E-state index in [1.165, 1.54) is 24.3 Å². The summed E-state index contributed by atoms with van der Waals surface area (Å²) < 4.78 is 0. The third-order valence-electron chi connectivity index (χ3n) is 7.92. The lowest BCUT2D eigenvalue weighted by molar-refractivity contribution is 0.0686. The fourth-order valence-electron chi connectivity index (χ4n) is 5.49. The SMILES string of the molecule is O=C(O)c1ccc([C@H](N=Cc2c(O)ccc3ccccc23)[C@@H](N=Cc2c(O)ccc3ccccc23)c2ccc(C(=O)O)cc2)cc1. The number of aliphatic imine (C=N–C) groups is 2. The molecule has 8 heteroatoms. The second-order valence-corrected chi connectivity index (χ2v) is 10.7. The number of aromatic hydroxyl groups is 2. The molecule has 0 amide bonds. The van der Waals surface area contributed by atoms with Gasteiger partial charge >= 0.3 is 11.9 Å². The number of hydrogen-bond acceptors (Lipinski definition) is 6. The molecule has 0 saturated carbocycles. The van der Waals surface area contributed by atoms with E-state index in [0.717, 1.165) is 21.5 Å². The molecular weight excluding hydrogens is 580 g/mol. The van der Waals surface area contributed by atoms with E-state index in [2.05, 4.69) is 0 Å². The summed E-state index contributed by atoms with van der Waals surface area (Å²) in [6, 6.07) is 33.1. The van der Waals surface area contributed by atoms with E-state index in [9.17, 15) is 30.0 Å². The molecule has 6 rings (SSSR count). The van der Waals surface area contributed by atoms with Gasteiger partial charge in [-0.2, -0.15) is 0 Å². The Morgan fingerprint density at radius 1 is 0.500 bits per heavy atom. The Labute approximate surface area is 263 Å². The summed E-state index contributed by atoms with van der Waals surface area (Å²) in [6.45, 7) is 0. The molecule has 2 atom stereocenters. The first-order chi connectivity index (χ1) is 22.3. The minimum atomic E-state index is -1.07. The van der Waals surface area contributed by atoms with Gasteiger partial charge in [0.1, 0.15) is 23.6 Å². The molecule has 6 aromatic carbocycles. The van der Waals surface area contributed by atoms with Crippen molar-refractivity contribution in [2.75, 3.05) is 0 Å². The number of fused-ring (bicyclic) bond motifs is 2. The minimum absolute atomic E-state index is 0.0361. The largest absolute Gasteiger partial charge is 0.507 e. The normalized spacial score (nSPS) is 13.0. The van der Waals surface area contributed by atoms with E-state index in [1.54, 1.807) is 48.8 Å². The van der Waals surface area contributed by atoms with Crippen LogP contribution in [0.15, 0.2) is 131 Å². The summed E-state index contributed by atoms with van der Waals surface area (Å²) in [5, 5.41) is 44.1. The van der Waals surface area contributed by atoms with Crippen LogP contribution in [0.25, 0.3) is 21.5 Å². The van der Waals surface area contributed by atoms with Crippen molar-refractivity contribution in [1.29, 1.82) is 0 Å². The van der Waals surface area contributed by atoms with Crippen LogP contribution in [0, 0.1) is 0 Å². The molecule has 6 aromatic rings. The Balaban J connectivity index is 1.54. The predicted molar refractivity (Wildman–Crippen MR) is 179 cm³/mol. The van der Waals surface area contributed by atoms with Gasteiger partial charge < -0.3 is 20.4 Å². The van der Waals surface area contributed by atoms with Gasteiger partial charge in [0.25, 0.3) is 0 Å². The fourth-order valence-corrected chi connectivity index (χ4v) is 5.49. The number of carboxylic acids is 2. The molecule has 0 aliphatic carbocycles. The molecule has 0 fully saturated rings. The third kappa shape index (κ3) is 6.05. The first kappa shape index (κ1) is 29.8. The summed E-state index contributed by atoms with van der Waals surface area (Å²) in [4.78, 5) is 33.2. The van der Waals surface area contributed by atoms with E-state index < -0.39 is 24.0 Å². The van der Waals surface area contributed by atoms with E-state index in [1.807, 2.05) is 60.7 Å². The Hall–Kier alpha value is -6.28. The number of nitrogens with zero attached hydrogens (tertiary/aromatic N) is 2. The van der Waals surface area contributed by atoms with Gasteiger partial charge in [-0.05, 0) is 69.1 Å². The zero-order valence-corrected chi connectivity index (χ0v) is 24.4. The molecule has 0 saturated heterocycles. The quantitative estimate of drug-likeness (QED) is 0.123. The monoisotopic (exact) mass is 608 g/mol. The van der Waals surface area contributed by atoms with Gasteiger partial charge in [-0.1, -0.05) is 84.9 Å². The molecule has 226 valence electrons. The molecule has 8 nitrogen and oxygen atoms in total. The van der Waals surface area contributed by atoms with E-state index in [-0.39, 0.29) is 22.6 Å². The van der Waals surface area contributed by atoms with Crippen molar-refractivity contribution in [3.05, 3.63) is 155 Å². The Bertz CT molecular complexity index is 1980. The van der Waals surface area contributed by atoms with E-state index >= 15 is 0 Å². The lowest BCUT2D eigenvalue weighted by Crippen LogP contribution is -2.10. The van der Waals surface area contributed by atoms with Crippen LogP contribution in [-0.2, 0) is 0 Å². The van der Waals surface area contributed by atoms with Crippen LogP contribution in [0.1, 0.15) is 55.1 Å². The highest BCUT2D eigenvalue weighted by atomic mass is 16.4. The van der Waals surface area contributed by atoms with Crippen LogP contribution in [0.2, 0.25) is 0 Å².